The van der Waals surface area contributed by atoms with E-state index < -0.39 is 0 Å². The largest absolute Gasteiger partial charge is 0.394 e. The first-order valence-corrected chi connectivity index (χ1v) is 6.05. The van der Waals surface area contributed by atoms with E-state index in [1.54, 1.807) is 6.07 Å². The van der Waals surface area contributed by atoms with Crippen LogP contribution in [0, 0.1) is 0 Å². The van der Waals surface area contributed by atoms with Crippen LogP contribution < -0.4 is 5.32 Å². The molecular weight excluding hydrogens is 274 g/mol. The SMILES string of the molecule is OCC(CO)Nc1cc(Br)nc(C2CC2)n1. The Morgan fingerprint density at radius 3 is 2.62 bits per heavy atom. The van der Waals surface area contributed by atoms with Crippen LogP contribution in [0.5, 0.6) is 0 Å². The Labute approximate surface area is 102 Å². The molecule has 0 atom stereocenters. The number of nitrogens with zero attached hydrogens (tertiary/aromatic N) is 2. The minimum Gasteiger partial charge on any atom is -0.394 e. The van der Waals surface area contributed by atoms with Gasteiger partial charge in [0.1, 0.15) is 16.2 Å². The summed E-state index contributed by atoms with van der Waals surface area (Å²) in [5.41, 5.74) is 0. The van der Waals surface area contributed by atoms with Gasteiger partial charge in [-0.25, -0.2) is 9.97 Å². The summed E-state index contributed by atoms with van der Waals surface area (Å²) in [6, 6.07) is 1.36. The van der Waals surface area contributed by atoms with Gasteiger partial charge in [-0.1, -0.05) is 0 Å². The average Bonchev–Trinajstić information content (AvgIpc) is 3.08. The summed E-state index contributed by atoms with van der Waals surface area (Å²) in [4.78, 5) is 8.65. The fraction of sp³-hybridized carbons (Fsp3) is 0.600. The highest BCUT2D eigenvalue weighted by Crippen LogP contribution is 2.38. The highest BCUT2D eigenvalue weighted by Gasteiger charge is 2.27. The Bertz CT molecular complexity index is 367. The average molecular weight is 288 g/mol. The van der Waals surface area contributed by atoms with E-state index in [0.29, 0.717) is 11.7 Å². The van der Waals surface area contributed by atoms with Gasteiger partial charge in [-0.15, -0.1) is 0 Å². The van der Waals surface area contributed by atoms with Gasteiger partial charge in [-0.2, -0.15) is 0 Å². The smallest absolute Gasteiger partial charge is 0.135 e. The third-order valence-electron chi connectivity index (χ3n) is 2.45. The molecular formula is C10H14BrN3O2. The van der Waals surface area contributed by atoms with Crippen LogP contribution in [-0.2, 0) is 0 Å². The molecule has 0 aromatic carbocycles. The summed E-state index contributed by atoms with van der Waals surface area (Å²) >= 11 is 3.33. The number of nitrogens with one attached hydrogen (secondary N) is 1. The van der Waals surface area contributed by atoms with Gasteiger partial charge < -0.3 is 15.5 Å². The second kappa shape index (κ2) is 5.07. The molecule has 1 saturated carbocycles. The van der Waals surface area contributed by atoms with Crippen LogP contribution in [0.2, 0.25) is 0 Å². The monoisotopic (exact) mass is 287 g/mol. The van der Waals surface area contributed by atoms with Gasteiger partial charge in [0.15, 0.2) is 0 Å². The zero-order valence-corrected chi connectivity index (χ0v) is 10.3. The van der Waals surface area contributed by atoms with Crippen LogP contribution in [0.1, 0.15) is 24.6 Å². The predicted octanol–water partition coefficient (Wildman–Crippen LogP) is 0.882. The molecule has 0 saturated heterocycles. The minimum absolute atomic E-state index is 0.128. The van der Waals surface area contributed by atoms with Gasteiger partial charge in [-0.3, -0.25) is 0 Å². The van der Waals surface area contributed by atoms with E-state index in [1.807, 2.05) is 0 Å². The third kappa shape index (κ3) is 2.90. The van der Waals surface area contributed by atoms with Crippen LogP contribution in [0.4, 0.5) is 5.82 Å². The number of rotatable bonds is 5. The van der Waals surface area contributed by atoms with Gasteiger partial charge in [0.05, 0.1) is 19.3 Å². The molecule has 2 rings (SSSR count). The van der Waals surface area contributed by atoms with Gasteiger partial charge in [0.25, 0.3) is 0 Å². The van der Waals surface area contributed by atoms with Gasteiger partial charge in [-0.05, 0) is 28.8 Å². The van der Waals surface area contributed by atoms with Crippen molar-refractivity contribution in [2.45, 2.75) is 24.8 Å². The minimum atomic E-state index is -0.381. The number of aliphatic hydroxyl groups is 2. The van der Waals surface area contributed by atoms with Gasteiger partial charge in [0.2, 0.25) is 0 Å². The molecule has 1 heterocycles. The molecule has 0 spiro atoms. The molecule has 0 aliphatic heterocycles. The van der Waals surface area contributed by atoms with E-state index in [4.69, 9.17) is 10.2 Å². The molecule has 16 heavy (non-hydrogen) atoms. The van der Waals surface area contributed by atoms with Crippen LogP contribution in [0.15, 0.2) is 10.7 Å². The zero-order chi connectivity index (χ0) is 11.5. The lowest BCUT2D eigenvalue weighted by Crippen LogP contribution is -2.28. The standard InChI is InChI=1S/C10H14BrN3O2/c11-8-3-9(12-7(4-15)5-16)14-10(13-8)6-1-2-6/h3,6-7,15-16H,1-2,4-5H2,(H,12,13,14). The van der Waals surface area contributed by atoms with Gasteiger partial charge >= 0.3 is 0 Å². The summed E-state index contributed by atoms with van der Waals surface area (Å²) in [6.45, 7) is -0.256. The molecule has 3 N–H and O–H groups in total. The third-order valence-corrected chi connectivity index (χ3v) is 2.85. The molecule has 5 nitrogen and oxygen atoms in total. The Hall–Kier alpha value is -0.720. The zero-order valence-electron chi connectivity index (χ0n) is 8.73. The van der Waals surface area contributed by atoms with Crippen LogP contribution >= 0.6 is 15.9 Å². The number of aromatic nitrogens is 2. The summed E-state index contributed by atoms with van der Waals surface area (Å²) in [7, 11) is 0. The molecule has 0 amide bonds. The Morgan fingerprint density at radius 1 is 1.38 bits per heavy atom. The molecule has 1 aromatic rings. The Morgan fingerprint density at radius 2 is 2.06 bits per heavy atom. The maximum atomic E-state index is 8.97. The lowest BCUT2D eigenvalue weighted by Gasteiger charge is -2.14. The first-order chi connectivity index (χ1) is 7.72. The van der Waals surface area contributed by atoms with E-state index >= 15 is 0 Å². The molecule has 1 aliphatic rings. The van der Waals surface area contributed by atoms with Crippen molar-refractivity contribution in [1.29, 1.82) is 0 Å². The van der Waals surface area contributed by atoms with Crippen LogP contribution in [0.25, 0.3) is 0 Å². The molecule has 88 valence electrons. The second-order valence-corrected chi connectivity index (χ2v) is 4.73. The van der Waals surface area contributed by atoms with E-state index in [-0.39, 0.29) is 19.3 Å². The molecule has 0 unspecified atom stereocenters. The number of anilines is 1. The predicted molar refractivity (Wildman–Crippen MR) is 63.3 cm³/mol. The van der Waals surface area contributed by atoms with Crippen molar-refractivity contribution in [3.05, 3.63) is 16.5 Å². The van der Waals surface area contributed by atoms with E-state index in [2.05, 4.69) is 31.2 Å². The molecule has 0 bridgehead atoms. The van der Waals surface area contributed by atoms with Crippen molar-refractivity contribution < 1.29 is 10.2 Å². The number of aliphatic hydroxyl groups excluding tert-OH is 2. The molecule has 1 fully saturated rings. The quantitative estimate of drug-likeness (QED) is 0.701. The summed E-state index contributed by atoms with van der Waals surface area (Å²) in [5.74, 6) is 1.93. The van der Waals surface area contributed by atoms with Crippen LogP contribution in [-0.4, -0.2) is 39.4 Å². The fourth-order valence-electron chi connectivity index (χ4n) is 1.39. The van der Waals surface area contributed by atoms with Crippen molar-refractivity contribution >= 4 is 21.7 Å². The fourth-order valence-corrected chi connectivity index (χ4v) is 1.79. The second-order valence-electron chi connectivity index (χ2n) is 3.91. The van der Waals surface area contributed by atoms with E-state index in [9.17, 15) is 0 Å². The highest BCUT2D eigenvalue weighted by molar-refractivity contribution is 9.10. The summed E-state index contributed by atoms with van der Waals surface area (Å²) in [5, 5.41) is 20.9. The number of hydrogen-bond donors (Lipinski definition) is 3. The topological polar surface area (TPSA) is 78.3 Å². The summed E-state index contributed by atoms with van der Waals surface area (Å²) in [6.07, 6.45) is 2.28. The van der Waals surface area contributed by atoms with E-state index in [1.165, 1.54) is 0 Å². The lowest BCUT2D eigenvalue weighted by atomic mass is 10.3. The Kier molecular flexibility index (Phi) is 3.73. The number of halogens is 1. The summed E-state index contributed by atoms with van der Waals surface area (Å²) < 4.78 is 0.724. The van der Waals surface area contributed by atoms with Crippen LogP contribution in [0.3, 0.4) is 0 Å². The first kappa shape index (κ1) is 11.8. The van der Waals surface area contributed by atoms with Crippen molar-refractivity contribution in [1.82, 2.24) is 9.97 Å². The molecule has 1 aromatic heterocycles. The lowest BCUT2D eigenvalue weighted by molar-refractivity contribution is 0.203. The van der Waals surface area contributed by atoms with Crippen molar-refractivity contribution in [2.24, 2.45) is 0 Å². The maximum absolute atomic E-state index is 8.97. The van der Waals surface area contributed by atoms with Crippen molar-refractivity contribution in [2.75, 3.05) is 18.5 Å². The van der Waals surface area contributed by atoms with Crippen molar-refractivity contribution in [3.63, 3.8) is 0 Å². The highest BCUT2D eigenvalue weighted by atomic mass is 79.9. The maximum Gasteiger partial charge on any atom is 0.135 e. The molecule has 6 heteroatoms. The Balaban J connectivity index is 2.13. The molecule has 1 aliphatic carbocycles. The van der Waals surface area contributed by atoms with E-state index in [0.717, 1.165) is 23.3 Å². The van der Waals surface area contributed by atoms with Gasteiger partial charge in [0, 0.05) is 12.0 Å². The van der Waals surface area contributed by atoms with Crippen molar-refractivity contribution in [3.8, 4) is 0 Å². The number of hydrogen-bond acceptors (Lipinski definition) is 5. The molecule has 0 radical (unpaired) electrons. The first-order valence-electron chi connectivity index (χ1n) is 5.25. The normalized spacial score (nSPS) is 15.5.